The van der Waals surface area contributed by atoms with Crippen molar-refractivity contribution < 1.29 is 9.53 Å². The first kappa shape index (κ1) is 20.7. The van der Waals surface area contributed by atoms with Gasteiger partial charge in [0.15, 0.2) is 0 Å². The Hall–Kier alpha value is -2.57. The highest BCUT2D eigenvalue weighted by Gasteiger charge is 2.20. The van der Waals surface area contributed by atoms with Crippen molar-refractivity contribution in [2.24, 2.45) is 7.05 Å². The lowest BCUT2D eigenvalue weighted by Gasteiger charge is -2.21. The summed E-state index contributed by atoms with van der Waals surface area (Å²) < 4.78 is 8.07. The largest absolute Gasteiger partial charge is 0.489 e. The Labute approximate surface area is 181 Å². The van der Waals surface area contributed by atoms with E-state index in [9.17, 15) is 4.79 Å². The smallest absolute Gasteiger partial charge is 0.221 e. The molecule has 1 unspecified atom stereocenters. The molecule has 1 N–H and O–H groups in total. The Kier molecular flexibility index (Phi) is 6.25. The summed E-state index contributed by atoms with van der Waals surface area (Å²) in [5, 5.41) is 3.73. The van der Waals surface area contributed by atoms with E-state index in [0.717, 1.165) is 41.3 Å². The van der Waals surface area contributed by atoms with Crippen molar-refractivity contribution >= 4 is 28.5 Å². The van der Waals surface area contributed by atoms with E-state index in [1.165, 1.54) is 0 Å². The number of nitrogens with zero attached hydrogens (tertiary/aromatic N) is 3. The van der Waals surface area contributed by atoms with Gasteiger partial charge in [-0.15, -0.1) is 0 Å². The predicted octanol–water partition coefficient (Wildman–Crippen LogP) is 3.56. The number of ether oxygens (including phenoxy) is 1. The molecule has 0 fully saturated rings. The van der Waals surface area contributed by atoms with E-state index in [1.807, 2.05) is 50.4 Å². The van der Waals surface area contributed by atoms with Crippen LogP contribution in [0.5, 0.6) is 5.75 Å². The molecular formula is C23H27ClN4O2. The van der Waals surface area contributed by atoms with E-state index in [0.29, 0.717) is 31.0 Å². The predicted molar refractivity (Wildman–Crippen MR) is 119 cm³/mol. The monoisotopic (exact) mass is 426 g/mol. The van der Waals surface area contributed by atoms with E-state index < -0.39 is 0 Å². The number of rotatable bonds is 6. The lowest BCUT2D eigenvalue weighted by molar-refractivity contribution is -0.121. The third kappa shape index (κ3) is 4.77. The normalized spacial score (nSPS) is 16.7. The summed E-state index contributed by atoms with van der Waals surface area (Å²) in [6.07, 6.45) is 1.22. The van der Waals surface area contributed by atoms with Gasteiger partial charge in [-0.3, -0.25) is 9.69 Å². The van der Waals surface area contributed by atoms with Crippen LogP contribution in [0.25, 0.3) is 11.0 Å². The molecule has 2 aromatic carbocycles. The topological polar surface area (TPSA) is 59.4 Å². The van der Waals surface area contributed by atoms with Crippen LogP contribution in [0.1, 0.15) is 24.7 Å². The maximum Gasteiger partial charge on any atom is 0.221 e. The maximum absolute atomic E-state index is 12.4. The first-order chi connectivity index (χ1) is 14.5. The fourth-order valence-electron chi connectivity index (χ4n) is 3.96. The fraction of sp³-hybridized carbons (Fsp3) is 0.391. The number of nitrogens with one attached hydrogen (secondary N) is 1. The van der Waals surface area contributed by atoms with Crippen LogP contribution in [0.3, 0.4) is 0 Å². The number of hydrogen-bond donors (Lipinski definition) is 1. The van der Waals surface area contributed by atoms with Gasteiger partial charge >= 0.3 is 0 Å². The molecule has 30 heavy (non-hydrogen) atoms. The highest BCUT2D eigenvalue weighted by atomic mass is 35.5. The van der Waals surface area contributed by atoms with Crippen molar-refractivity contribution in [3.8, 4) is 5.75 Å². The average molecular weight is 427 g/mol. The van der Waals surface area contributed by atoms with Crippen LogP contribution < -0.4 is 10.1 Å². The summed E-state index contributed by atoms with van der Waals surface area (Å²) in [6.45, 7) is 4.81. The molecule has 1 amide bonds. The molecule has 0 bridgehead atoms. The number of halogens is 1. The fourth-order valence-corrected chi connectivity index (χ4v) is 4.16. The molecule has 0 radical (unpaired) electrons. The van der Waals surface area contributed by atoms with Crippen LogP contribution >= 0.6 is 11.6 Å². The van der Waals surface area contributed by atoms with Gasteiger partial charge in [-0.1, -0.05) is 23.7 Å². The van der Waals surface area contributed by atoms with Crippen molar-refractivity contribution in [3.05, 3.63) is 58.9 Å². The number of amides is 1. The quantitative estimate of drug-likeness (QED) is 0.654. The Balaban J connectivity index is 1.27. The molecule has 4 rings (SSSR count). The first-order valence-corrected chi connectivity index (χ1v) is 10.7. The van der Waals surface area contributed by atoms with E-state index in [-0.39, 0.29) is 12.0 Å². The third-order valence-electron chi connectivity index (χ3n) is 5.47. The standard InChI is InChI=1S/C23H27ClN4O2/c1-16-14-28(15-17-13-18(24)7-8-21(17)30-16)12-10-23(29)25-11-9-22-26-19-5-3-4-6-20(19)27(22)2/h3-8,13,16H,9-12,14-15H2,1-2H3,(H,25,29). The second-order valence-electron chi connectivity index (χ2n) is 7.84. The van der Waals surface area contributed by atoms with Gasteiger partial charge in [0.2, 0.25) is 5.91 Å². The number of para-hydroxylation sites is 2. The molecule has 1 aliphatic heterocycles. The van der Waals surface area contributed by atoms with Crippen molar-refractivity contribution in [3.63, 3.8) is 0 Å². The van der Waals surface area contributed by atoms with Crippen LogP contribution in [0.2, 0.25) is 5.02 Å². The van der Waals surface area contributed by atoms with Crippen molar-refractivity contribution in [2.75, 3.05) is 19.6 Å². The summed E-state index contributed by atoms with van der Waals surface area (Å²) in [5.41, 5.74) is 3.16. The SMILES string of the molecule is CC1CN(CCC(=O)NCCc2nc3ccccc3n2C)Cc2cc(Cl)ccc2O1. The average Bonchev–Trinajstić information content (AvgIpc) is 2.94. The van der Waals surface area contributed by atoms with Gasteiger partial charge in [0.25, 0.3) is 0 Å². The Morgan fingerprint density at radius 1 is 1.30 bits per heavy atom. The molecule has 0 spiro atoms. The number of aryl methyl sites for hydroxylation is 1. The second kappa shape index (κ2) is 9.06. The van der Waals surface area contributed by atoms with Gasteiger partial charge in [0.05, 0.1) is 11.0 Å². The number of hydrogen-bond acceptors (Lipinski definition) is 4. The van der Waals surface area contributed by atoms with Crippen LogP contribution in [0.4, 0.5) is 0 Å². The zero-order valence-corrected chi connectivity index (χ0v) is 18.2. The summed E-state index contributed by atoms with van der Waals surface area (Å²) in [7, 11) is 2.01. The summed E-state index contributed by atoms with van der Waals surface area (Å²) in [6, 6.07) is 13.8. The van der Waals surface area contributed by atoms with E-state index >= 15 is 0 Å². The second-order valence-corrected chi connectivity index (χ2v) is 8.28. The van der Waals surface area contributed by atoms with E-state index in [2.05, 4.69) is 25.8 Å². The molecule has 158 valence electrons. The molecule has 0 aliphatic carbocycles. The summed E-state index contributed by atoms with van der Waals surface area (Å²) in [4.78, 5) is 19.3. The molecule has 0 saturated carbocycles. The molecular weight excluding hydrogens is 400 g/mol. The van der Waals surface area contributed by atoms with Gasteiger partial charge in [0.1, 0.15) is 17.7 Å². The molecule has 0 saturated heterocycles. The summed E-state index contributed by atoms with van der Waals surface area (Å²) >= 11 is 6.14. The zero-order chi connectivity index (χ0) is 21.1. The third-order valence-corrected chi connectivity index (χ3v) is 5.70. The summed E-state index contributed by atoms with van der Waals surface area (Å²) in [5.74, 6) is 1.91. The van der Waals surface area contributed by atoms with Crippen molar-refractivity contribution in [2.45, 2.75) is 32.4 Å². The zero-order valence-electron chi connectivity index (χ0n) is 17.4. The molecule has 1 atom stereocenters. The number of aromatic nitrogens is 2. The number of carbonyl (C=O) groups excluding carboxylic acids is 1. The molecule has 1 aromatic heterocycles. The van der Waals surface area contributed by atoms with E-state index in [4.69, 9.17) is 16.3 Å². The van der Waals surface area contributed by atoms with Gasteiger partial charge < -0.3 is 14.6 Å². The highest BCUT2D eigenvalue weighted by Crippen LogP contribution is 2.28. The number of carbonyl (C=O) groups is 1. The Morgan fingerprint density at radius 3 is 2.97 bits per heavy atom. The molecule has 3 aromatic rings. The van der Waals surface area contributed by atoms with Crippen LogP contribution in [-0.4, -0.2) is 46.1 Å². The highest BCUT2D eigenvalue weighted by molar-refractivity contribution is 6.30. The van der Waals surface area contributed by atoms with Crippen LogP contribution in [0.15, 0.2) is 42.5 Å². The first-order valence-electron chi connectivity index (χ1n) is 10.3. The Bertz CT molecular complexity index is 1050. The minimum absolute atomic E-state index is 0.0536. The molecule has 7 heteroatoms. The number of fused-ring (bicyclic) bond motifs is 2. The van der Waals surface area contributed by atoms with Gasteiger partial charge in [-0.2, -0.15) is 0 Å². The van der Waals surface area contributed by atoms with Gasteiger partial charge in [-0.05, 0) is 37.3 Å². The molecule has 6 nitrogen and oxygen atoms in total. The lowest BCUT2D eigenvalue weighted by Crippen LogP contribution is -2.35. The van der Waals surface area contributed by atoms with Gasteiger partial charge in [0, 0.05) is 56.7 Å². The van der Waals surface area contributed by atoms with E-state index in [1.54, 1.807) is 0 Å². The Morgan fingerprint density at radius 2 is 2.13 bits per heavy atom. The van der Waals surface area contributed by atoms with Crippen LogP contribution in [-0.2, 0) is 24.8 Å². The minimum atomic E-state index is 0.0536. The number of benzene rings is 2. The van der Waals surface area contributed by atoms with Crippen molar-refractivity contribution in [1.29, 1.82) is 0 Å². The minimum Gasteiger partial charge on any atom is -0.489 e. The lowest BCUT2D eigenvalue weighted by atomic mass is 10.2. The van der Waals surface area contributed by atoms with Crippen molar-refractivity contribution in [1.82, 2.24) is 19.8 Å². The van der Waals surface area contributed by atoms with Gasteiger partial charge in [-0.25, -0.2) is 4.98 Å². The molecule has 1 aliphatic rings. The number of imidazole rings is 1. The van der Waals surface area contributed by atoms with Crippen LogP contribution in [0, 0.1) is 0 Å². The molecule has 2 heterocycles. The maximum atomic E-state index is 12.4.